The van der Waals surface area contributed by atoms with E-state index in [0.29, 0.717) is 22.0 Å². The van der Waals surface area contributed by atoms with E-state index in [0.717, 1.165) is 43.0 Å². The van der Waals surface area contributed by atoms with Crippen molar-refractivity contribution in [3.05, 3.63) is 52.6 Å². The average Bonchev–Trinajstić information content (AvgIpc) is 3.32. The maximum atomic E-state index is 12.8. The lowest BCUT2D eigenvalue weighted by molar-refractivity contribution is -0.124. The Kier molecular flexibility index (Phi) is 5.58. The van der Waals surface area contributed by atoms with Gasteiger partial charge in [0.1, 0.15) is 11.5 Å². The van der Waals surface area contributed by atoms with Gasteiger partial charge in [-0.25, -0.2) is 4.79 Å². The number of carbonyl (C=O) groups is 3. The highest BCUT2D eigenvalue weighted by molar-refractivity contribution is 8.18. The number of methoxy groups -OCH3 is 1. The molecule has 1 saturated carbocycles. The van der Waals surface area contributed by atoms with Gasteiger partial charge in [0.25, 0.3) is 11.1 Å². The largest absolute Gasteiger partial charge is 0.465 e. The molecule has 29 heavy (non-hydrogen) atoms. The number of carbonyl (C=O) groups excluding carboxylic acids is 3. The van der Waals surface area contributed by atoms with Crippen molar-refractivity contribution >= 4 is 35.0 Å². The Hall–Kier alpha value is -2.80. The van der Waals surface area contributed by atoms with Gasteiger partial charge < -0.3 is 9.15 Å². The van der Waals surface area contributed by atoms with Crippen LogP contribution in [0.4, 0.5) is 4.79 Å². The zero-order valence-corrected chi connectivity index (χ0v) is 16.9. The van der Waals surface area contributed by atoms with Crippen LogP contribution in [0.25, 0.3) is 17.4 Å². The van der Waals surface area contributed by atoms with Gasteiger partial charge in [0, 0.05) is 17.7 Å². The number of imide groups is 1. The number of hydrogen-bond acceptors (Lipinski definition) is 6. The highest BCUT2D eigenvalue weighted by atomic mass is 32.2. The lowest BCUT2D eigenvalue weighted by Gasteiger charge is -2.28. The molecule has 2 amide bonds. The number of benzene rings is 1. The Balaban J connectivity index is 1.51. The maximum absolute atomic E-state index is 12.8. The molecule has 2 fully saturated rings. The van der Waals surface area contributed by atoms with Crippen LogP contribution in [0.1, 0.15) is 48.2 Å². The second kappa shape index (κ2) is 8.29. The first-order valence-electron chi connectivity index (χ1n) is 9.62. The summed E-state index contributed by atoms with van der Waals surface area (Å²) in [5.41, 5.74) is 1.26. The Bertz CT molecular complexity index is 969. The van der Waals surface area contributed by atoms with Gasteiger partial charge in [-0.2, -0.15) is 0 Å². The molecule has 1 aromatic heterocycles. The molecule has 0 unspecified atom stereocenters. The minimum Gasteiger partial charge on any atom is -0.465 e. The zero-order valence-electron chi connectivity index (χ0n) is 16.1. The molecule has 0 N–H and O–H groups in total. The lowest BCUT2D eigenvalue weighted by Crippen LogP contribution is -2.39. The van der Waals surface area contributed by atoms with Gasteiger partial charge in [-0.15, -0.1) is 0 Å². The van der Waals surface area contributed by atoms with Crippen molar-refractivity contribution in [2.75, 3.05) is 7.11 Å². The molecule has 0 atom stereocenters. The van der Waals surface area contributed by atoms with Crippen LogP contribution in [0, 0.1) is 0 Å². The lowest BCUT2D eigenvalue weighted by atomic mass is 9.94. The molecule has 150 valence electrons. The molecule has 2 heterocycles. The van der Waals surface area contributed by atoms with Crippen molar-refractivity contribution in [1.29, 1.82) is 0 Å². The summed E-state index contributed by atoms with van der Waals surface area (Å²) >= 11 is 0.970. The number of amides is 2. The number of furan rings is 1. The molecular formula is C22H21NO5S. The van der Waals surface area contributed by atoms with E-state index in [9.17, 15) is 14.4 Å². The molecule has 1 saturated heterocycles. The molecule has 1 aliphatic carbocycles. The Labute approximate surface area is 172 Å². The van der Waals surface area contributed by atoms with Crippen LogP contribution in [0.5, 0.6) is 0 Å². The first-order valence-corrected chi connectivity index (χ1v) is 10.4. The maximum Gasteiger partial charge on any atom is 0.337 e. The van der Waals surface area contributed by atoms with Gasteiger partial charge in [-0.05, 0) is 48.9 Å². The van der Waals surface area contributed by atoms with E-state index in [1.807, 2.05) is 0 Å². The molecular weight excluding hydrogens is 390 g/mol. The summed E-state index contributed by atoms with van der Waals surface area (Å²) < 4.78 is 10.5. The van der Waals surface area contributed by atoms with Crippen molar-refractivity contribution < 1.29 is 23.5 Å². The fraction of sp³-hybridized carbons (Fsp3) is 0.318. The third-order valence-corrected chi connectivity index (χ3v) is 6.14. The highest BCUT2D eigenvalue weighted by Crippen LogP contribution is 2.37. The van der Waals surface area contributed by atoms with Crippen LogP contribution in [-0.4, -0.2) is 35.2 Å². The minimum atomic E-state index is -0.398. The van der Waals surface area contributed by atoms with Gasteiger partial charge in [-0.1, -0.05) is 31.4 Å². The van der Waals surface area contributed by atoms with Crippen LogP contribution in [0.3, 0.4) is 0 Å². The normalized spacial score (nSPS) is 19.2. The molecule has 0 bridgehead atoms. The molecule has 2 aromatic rings. The van der Waals surface area contributed by atoms with E-state index in [4.69, 9.17) is 9.15 Å². The number of nitrogens with zero attached hydrogens (tertiary/aromatic N) is 1. The average molecular weight is 411 g/mol. The first kappa shape index (κ1) is 19.5. The predicted octanol–water partition coefficient (Wildman–Crippen LogP) is 5.10. The van der Waals surface area contributed by atoms with Crippen LogP contribution >= 0.6 is 11.8 Å². The molecule has 1 aromatic carbocycles. The predicted molar refractivity (Wildman–Crippen MR) is 110 cm³/mol. The fourth-order valence-corrected chi connectivity index (χ4v) is 4.62. The Morgan fingerprint density at radius 1 is 1.10 bits per heavy atom. The van der Waals surface area contributed by atoms with Crippen molar-refractivity contribution in [3.8, 4) is 11.3 Å². The SMILES string of the molecule is COC(=O)c1ccc(-c2ccc(/C=C3\SC(=O)N(C4CCCCC4)C3=O)o2)cc1. The number of ether oxygens (including phenoxy) is 1. The minimum absolute atomic E-state index is 0.0163. The smallest absolute Gasteiger partial charge is 0.337 e. The Morgan fingerprint density at radius 3 is 2.52 bits per heavy atom. The summed E-state index contributed by atoms with van der Waals surface area (Å²) in [6.07, 6.45) is 6.68. The summed E-state index contributed by atoms with van der Waals surface area (Å²) in [7, 11) is 1.34. The topological polar surface area (TPSA) is 76.8 Å². The van der Waals surface area contributed by atoms with E-state index >= 15 is 0 Å². The van der Waals surface area contributed by atoms with E-state index in [1.165, 1.54) is 18.4 Å². The van der Waals surface area contributed by atoms with Crippen LogP contribution in [0.15, 0.2) is 45.7 Å². The van der Waals surface area contributed by atoms with Crippen LogP contribution in [0.2, 0.25) is 0 Å². The standard InChI is InChI=1S/C22H21NO5S/c1-27-21(25)15-9-7-14(8-10-15)18-12-11-17(28-18)13-19-20(24)23(22(26)29-19)16-5-3-2-4-6-16/h7-13,16H,2-6H2,1H3/b19-13-. The van der Waals surface area contributed by atoms with Crippen molar-refractivity contribution in [3.63, 3.8) is 0 Å². The summed E-state index contributed by atoms with van der Waals surface area (Å²) in [5, 5.41) is -0.196. The van der Waals surface area contributed by atoms with Crippen LogP contribution < -0.4 is 0 Å². The molecule has 6 nitrogen and oxygen atoms in total. The first-order chi connectivity index (χ1) is 14.1. The summed E-state index contributed by atoms with van der Waals surface area (Å²) in [4.78, 5) is 38.5. The number of hydrogen-bond donors (Lipinski definition) is 0. The Morgan fingerprint density at radius 2 is 1.83 bits per heavy atom. The quantitative estimate of drug-likeness (QED) is 0.514. The second-order valence-electron chi connectivity index (χ2n) is 7.11. The number of rotatable bonds is 4. The molecule has 0 radical (unpaired) electrons. The fourth-order valence-electron chi connectivity index (χ4n) is 3.74. The van der Waals surface area contributed by atoms with E-state index < -0.39 is 5.97 Å². The molecule has 0 spiro atoms. The van der Waals surface area contributed by atoms with Gasteiger partial charge in [0.2, 0.25) is 0 Å². The van der Waals surface area contributed by atoms with E-state index in [2.05, 4.69) is 0 Å². The molecule has 7 heteroatoms. The van der Waals surface area contributed by atoms with Gasteiger partial charge in [0.05, 0.1) is 17.6 Å². The summed E-state index contributed by atoms with van der Waals surface area (Å²) in [6, 6.07) is 10.4. The van der Waals surface area contributed by atoms with Gasteiger partial charge >= 0.3 is 5.97 Å². The van der Waals surface area contributed by atoms with Crippen molar-refractivity contribution in [2.24, 2.45) is 0 Å². The monoisotopic (exact) mass is 411 g/mol. The zero-order chi connectivity index (χ0) is 20.4. The van der Waals surface area contributed by atoms with E-state index in [-0.39, 0.29) is 17.2 Å². The van der Waals surface area contributed by atoms with Crippen molar-refractivity contribution in [2.45, 2.75) is 38.1 Å². The molecule has 2 aliphatic rings. The van der Waals surface area contributed by atoms with Gasteiger partial charge in [0.15, 0.2) is 0 Å². The number of thioether (sulfide) groups is 1. The second-order valence-corrected chi connectivity index (χ2v) is 8.11. The summed E-state index contributed by atoms with van der Waals surface area (Å²) in [5.74, 6) is 0.489. The van der Waals surface area contributed by atoms with E-state index in [1.54, 1.807) is 42.5 Å². The van der Waals surface area contributed by atoms with Crippen LogP contribution in [-0.2, 0) is 9.53 Å². The third-order valence-electron chi connectivity index (χ3n) is 5.25. The van der Waals surface area contributed by atoms with Crippen molar-refractivity contribution in [1.82, 2.24) is 4.90 Å². The number of esters is 1. The molecule has 4 rings (SSSR count). The van der Waals surface area contributed by atoms with Gasteiger partial charge in [-0.3, -0.25) is 14.5 Å². The third kappa shape index (κ3) is 4.00. The molecule has 1 aliphatic heterocycles. The summed E-state index contributed by atoms with van der Waals surface area (Å²) in [6.45, 7) is 0. The highest BCUT2D eigenvalue weighted by Gasteiger charge is 2.40.